The third-order valence-electron chi connectivity index (χ3n) is 8.31. The highest BCUT2D eigenvalue weighted by molar-refractivity contribution is 5.77. The van der Waals surface area contributed by atoms with Crippen molar-refractivity contribution in [2.75, 3.05) is 0 Å². The summed E-state index contributed by atoms with van der Waals surface area (Å²) in [5.74, 6) is 0. The van der Waals surface area contributed by atoms with Gasteiger partial charge in [0.15, 0.2) is 0 Å². The maximum Gasteiger partial charge on any atom is 0.0893 e. The summed E-state index contributed by atoms with van der Waals surface area (Å²) in [7, 11) is 0. The second-order valence-corrected chi connectivity index (χ2v) is 11.5. The molecular formula is C44H30N4. The minimum Gasteiger partial charge on any atom is -0.246 e. The van der Waals surface area contributed by atoms with Crippen molar-refractivity contribution in [3.05, 3.63) is 182 Å². The van der Waals surface area contributed by atoms with Crippen LogP contribution in [0.5, 0.6) is 0 Å². The monoisotopic (exact) mass is 614 g/mol. The molecule has 0 atom stereocenters. The van der Waals surface area contributed by atoms with Gasteiger partial charge in [0.05, 0.1) is 45.6 Å². The molecule has 0 aliphatic carbocycles. The molecule has 4 aromatic carbocycles. The number of hydrogen-bond donors (Lipinski definition) is 0. The first-order valence-corrected chi connectivity index (χ1v) is 16.0. The summed E-state index contributed by atoms with van der Waals surface area (Å²) in [6, 6.07) is 61.9. The number of aromatic nitrogens is 4. The van der Waals surface area contributed by atoms with E-state index in [2.05, 4.69) is 84.9 Å². The van der Waals surface area contributed by atoms with Crippen molar-refractivity contribution in [1.82, 2.24) is 19.9 Å². The molecule has 8 rings (SSSR count). The number of pyridine rings is 4. The van der Waals surface area contributed by atoms with Crippen LogP contribution in [-0.4, -0.2) is 19.9 Å². The van der Waals surface area contributed by atoms with Crippen LogP contribution in [0.1, 0.15) is 0 Å². The molecular weight excluding hydrogens is 585 g/mol. The van der Waals surface area contributed by atoms with Crippen LogP contribution < -0.4 is 0 Å². The van der Waals surface area contributed by atoms with E-state index in [0.29, 0.717) is 0 Å². The highest BCUT2D eigenvalue weighted by atomic mass is 14.8. The molecule has 0 N–H and O–H groups in total. The van der Waals surface area contributed by atoms with Gasteiger partial charge < -0.3 is 0 Å². The molecule has 0 spiro atoms. The number of rotatable bonds is 7. The van der Waals surface area contributed by atoms with Gasteiger partial charge in [0.1, 0.15) is 0 Å². The van der Waals surface area contributed by atoms with Crippen LogP contribution in [0.3, 0.4) is 0 Å². The lowest BCUT2D eigenvalue weighted by atomic mass is 9.98. The first kappa shape index (κ1) is 28.9. The lowest BCUT2D eigenvalue weighted by Crippen LogP contribution is -1.93. The third kappa shape index (κ3) is 6.15. The molecule has 0 aliphatic rings. The Morgan fingerprint density at radius 3 is 0.792 bits per heavy atom. The molecule has 4 nitrogen and oxygen atoms in total. The molecule has 8 aromatic rings. The van der Waals surface area contributed by atoms with E-state index in [1.165, 1.54) is 0 Å². The van der Waals surface area contributed by atoms with E-state index in [9.17, 15) is 0 Å². The third-order valence-corrected chi connectivity index (χ3v) is 8.31. The molecule has 48 heavy (non-hydrogen) atoms. The molecule has 4 heteroatoms. The predicted octanol–water partition coefficient (Wildman–Crippen LogP) is 10.9. The summed E-state index contributed by atoms with van der Waals surface area (Å²) in [5, 5.41) is 0. The van der Waals surface area contributed by atoms with Gasteiger partial charge in [-0.15, -0.1) is 0 Å². The van der Waals surface area contributed by atoms with Crippen LogP contribution >= 0.6 is 0 Å². The van der Waals surface area contributed by atoms with Crippen molar-refractivity contribution < 1.29 is 0 Å². The Balaban J connectivity index is 1.08. The molecule has 0 saturated heterocycles. The van der Waals surface area contributed by atoms with E-state index in [-0.39, 0.29) is 0 Å². The Morgan fingerprint density at radius 2 is 0.438 bits per heavy atom. The van der Waals surface area contributed by atoms with Crippen molar-refractivity contribution in [3.63, 3.8) is 0 Å². The Bertz CT molecular complexity index is 2180. The van der Waals surface area contributed by atoms with E-state index in [4.69, 9.17) is 19.9 Å². The molecule has 0 aliphatic heterocycles. The molecule has 0 saturated carbocycles. The van der Waals surface area contributed by atoms with Crippen LogP contribution in [-0.2, 0) is 0 Å². The molecule has 0 unspecified atom stereocenters. The number of hydrogen-bond acceptors (Lipinski definition) is 4. The fourth-order valence-corrected chi connectivity index (χ4v) is 5.89. The van der Waals surface area contributed by atoms with Crippen LogP contribution in [0.15, 0.2) is 182 Å². The summed E-state index contributed by atoms with van der Waals surface area (Å²) < 4.78 is 0. The highest BCUT2D eigenvalue weighted by Gasteiger charge is 2.10. The van der Waals surface area contributed by atoms with E-state index in [0.717, 1.165) is 78.9 Å². The minimum atomic E-state index is 0.840. The van der Waals surface area contributed by atoms with Crippen molar-refractivity contribution in [2.24, 2.45) is 0 Å². The maximum atomic E-state index is 5.03. The molecule has 0 radical (unpaired) electrons. The van der Waals surface area contributed by atoms with Gasteiger partial charge in [-0.3, -0.25) is 0 Å². The van der Waals surface area contributed by atoms with E-state index in [1.807, 2.05) is 97.1 Å². The Labute approximate surface area is 280 Å². The SMILES string of the molecule is c1ccc(-c2cccc(-c3cccc(-c4cccc(-c5cccc(-c6cccc(-c7cccc(-c8ccccc8)n7)n6)c5)c4)n3)n2)cc1. The average molecular weight is 615 g/mol. The molecule has 0 amide bonds. The van der Waals surface area contributed by atoms with Gasteiger partial charge in [0.2, 0.25) is 0 Å². The van der Waals surface area contributed by atoms with Gasteiger partial charge in [-0.2, -0.15) is 0 Å². The molecule has 4 heterocycles. The highest BCUT2D eigenvalue weighted by Crippen LogP contribution is 2.31. The second-order valence-electron chi connectivity index (χ2n) is 11.5. The fourth-order valence-electron chi connectivity index (χ4n) is 5.89. The Morgan fingerprint density at radius 1 is 0.188 bits per heavy atom. The average Bonchev–Trinajstić information content (AvgIpc) is 3.19. The van der Waals surface area contributed by atoms with E-state index >= 15 is 0 Å². The van der Waals surface area contributed by atoms with Crippen molar-refractivity contribution >= 4 is 0 Å². The zero-order valence-corrected chi connectivity index (χ0v) is 26.1. The molecule has 0 fully saturated rings. The van der Waals surface area contributed by atoms with E-state index in [1.54, 1.807) is 0 Å². The van der Waals surface area contributed by atoms with Gasteiger partial charge in [0, 0.05) is 22.3 Å². The predicted molar refractivity (Wildman–Crippen MR) is 196 cm³/mol. The van der Waals surface area contributed by atoms with Gasteiger partial charge in [-0.25, -0.2) is 19.9 Å². The summed E-state index contributed by atoms with van der Waals surface area (Å²) in [6.45, 7) is 0. The van der Waals surface area contributed by atoms with Crippen molar-refractivity contribution in [1.29, 1.82) is 0 Å². The summed E-state index contributed by atoms with van der Waals surface area (Å²) in [6.07, 6.45) is 0. The lowest BCUT2D eigenvalue weighted by Gasteiger charge is -2.10. The zero-order chi connectivity index (χ0) is 32.1. The fraction of sp³-hybridized carbons (Fsp3) is 0. The first-order chi connectivity index (χ1) is 23.8. The molecule has 4 aromatic heterocycles. The van der Waals surface area contributed by atoms with Gasteiger partial charge in [-0.1, -0.05) is 121 Å². The van der Waals surface area contributed by atoms with E-state index < -0.39 is 0 Å². The zero-order valence-electron chi connectivity index (χ0n) is 26.1. The second kappa shape index (κ2) is 13.1. The topological polar surface area (TPSA) is 51.6 Å². The number of benzene rings is 4. The van der Waals surface area contributed by atoms with Crippen LogP contribution in [0, 0.1) is 0 Å². The summed E-state index contributed by atoms with van der Waals surface area (Å²) in [4.78, 5) is 19.9. The van der Waals surface area contributed by atoms with Crippen LogP contribution in [0.4, 0.5) is 0 Å². The Hall–Kier alpha value is -6.52. The normalized spacial score (nSPS) is 10.9. The maximum absolute atomic E-state index is 5.03. The standard InChI is InChI=1S/C44H30N4/c1-3-13-31(14-4-1)37-21-9-25-41(45-37)43-27-11-23-39(47-43)35-19-7-17-33(29-35)34-18-8-20-36(30-34)40-24-12-28-44(48-40)42-26-10-22-38(46-42)32-15-5-2-6-16-32/h1-30H. The van der Waals surface area contributed by atoms with Crippen LogP contribution in [0.2, 0.25) is 0 Å². The molecule has 0 bridgehead atoms. The lowest BCUT2D eigenvalue weighted by molar-refractivity contribution is 1.25. The smallest absolute Gasteiger partial charge is 0.0893 e. The van der Waals surface area contributed by atoms with Crippen LogP contribution in [0.25, 0.3) is 78.9 Å². The minimum absolute atomic E-state index is 0.840. The van der Waals surface area contributed by atoms with Crippen molar-refractivity contribution in [3.8, 4) is 78.9 Å². The van der Waals surface area contributed by atoms with Gasteiger partial charge in [0.25, 0.3) is 0 Å². The van der Waals surface area contributed by atoms with Crippen molar-refractivity contribution in [2.45, 2.75) is 0 Å². The Kier molecular flexibility index (Phi) is 7.87. The van der Waals surface area contributed by atoms with Gasteiger partial charge >= 0.3 is 0 Å². The quantitative estimate of drug-likeness (QED) is 0.179. The summed E-state index contributed by atoms with van der Waals surface area (Å²) >= 11 is 0. The largest absolute Gasteiger partial charge is 0.246 e. The van der Waals surface area contributed by atoms with Gasteiger partial charge in [-0.05, 0) is 71.8 Å². The summed E-state index contributed by atoms with van der Waals surface area (Å²) in [5.41, 5.74) is 13.5. The molecule has 226 valence electrons. The first-order valence-electron chi connectivity index (χ1n) is 16.0. The number of nitrogens with zero attached hydrogens (tertiary/aromatic N) is 4.